The van der Waals surface area contributed by atoms with Gasteiger partial charge in [0.05, 0.1) is 12.3 Å². The standard InChI is InChI=1S/C12H21NO2/c1-10(2)5-8-14-9-6-11(13)12-4-3-7-15-12/h3-4,7,10-11H,5-6,8-9,13H2,1-2H3. The molecule has 1 aromatic heterocycles. The summed E-state index contributed by atoms with van der Waals surface area (Å²) >= 11 is 0. The molecule has 86 valence electrons. The van der Waals surface area contributed by atoms with Crippen molar-refractivity contribution in [1.82, 2.24) is 0 Å². The predicted molar refractivity (Wildman–Crippen MR) is 60.5 cm³/mol. The van der Waals surface area contributed by atoms with Crippen LogP contribution in [0.15, 0.2) is 22.8 Å². The Bertz CT molecular complexity index is 244. The molecule has 1 unspecified atom stereocenters. The van der Waals surface area contributed by atoms with E-state index in [0.29, 0.717) is 12.5 Å². The molecule has 3 heteroatoms. The fourth-order valence-electron chi connectivity index (χ4n) is 1.28. The summed E-state index contributed by atoms with van der Waals surface area (Å²) in [6.07, 6.45) is 3.57. The van der Waals surface area contributed by atoms with Crippen molar-refractivity contribution in [3.8, 4) is 0 Å². The SMILES string of the molecule is CC(C)CCOCCC(N)c1ccco1. The highest BCUT2D eigenvalue weighted by Crippen LogP contribution is 2.14. The van der Waals surface area contributed by atoms with E-state index in [1.54, 1.807) is 6.26 Å². The molecule has 0 amide bonds. The van der Waals surface area contributed by atoms with Crippen LogP contribution in [0.4, 0.5) is 0 Å². The largest absolute Gasteiger partial charge is 0.468 e. The third kappa shape index (κ3) is 5.00. The van der Waals surface area contributed by atoms with E-state index < -0.39 is 0 Å². The number of ether oxygens (including phenoxy) is 1. The molecule has 0 radical (unpaired) electrons. The summed E-state index contributed by atoms with van der Waals surface area (Å²) < 4.78 is 10.7. The van der Waals surface area contributed by atoms with Gasteiger partial charge in [0.2, 0.25) is 0 Å². The second kappa shape index (κ2) is 6.64. The van der Waals surface area contributed by atoms with Crippen LogP contribution < -0.4 is 5.73 Å². The maximum absolute atomic E-state index is 5.91. The van der Waals surface area contributed by atoms with E-state index in [0.717, 1.165) is 25.2 Å². The highest BCUT2D eigenvalue weighted by molar-refractivity contribution is 5.03. The van der Waals surface area contributed by atoms with Gasteiger partial charge in [0, 0.05) is 13.2 Å². The molecule has 1 rings (SSSR count). The number of furan rings is 1. The molecule has 0 saturated carbocycles. The van der Waals surface area contributed by atoms with Gasteiger partial charge in [0.25, 0.3) is 0 Å². The van der Waals surface area contributed by atoms with E-state index in [-0.39, 0.29) is 6.04 Å². The van der Waals surface area contributed by atoms with Crippen LogP contribution in [-0.4, -0.2) is 13.2 Å². The van der Waals surface area contributed by atoms with Crippen LogP contribution in [0.2, 0.25) is 0 Å². The number of nitrogens with two attached hydrogens (primary N) is 1. The Kier molecular flexibility index (Phi) is 5.43. The quantitative estimate of drug-likeness (QED) is 0.705. The van der Waals surface area contributed by atoms with Gasteiger partial charge in [-0.1, -0.05) is 13.8 Å². The van der Waals surface area contributed by atoms with Crippen molar-refractivity contribution in [2.75, 3.05) is 13.2 Å². The van der Waals surface area contributed by atoms with Crippen molar-refractivity contribution < 1.29 is 9.15 Å². The van der Waals surface area contributed by atoms with Crippen molar-refractivity contribution in [1.29, 1.82) is 0 Å². The zero-order valence-electron chi connectivity index (χ0n) is 9.61. The first-order valence-electron chi connectivity index (χ1n) is 5.57. The predicted octanol–water partition coefficient (Wildman–Crippen LogP) is 2.73. The molecule has 15 heavy (non-hydrogen) atoms. The topological polar surface area (TPSA) is 48.4 Å². The van der Waals surface area contributed by atoms with E-state index in [1.165, 1.54) is 0 Å². The van der Waals surface area contributed by atoms with Crippen LogP contribution in [0.5, 0.6) is 0 Å². The van der Waals surface area contributed by atoms with Crippen molar-refractivity contribution in [3.05, 3.63) is 24.2 Å². The maximum atomic E-state index is 5.91. The van der Waals surface area contributed by atoms with Gasteiger partial charge >= 0.3 is 0 Å². The Labute approximate surface area is 91.6 Å². The van der Waals surface area contributed by atoms with Crippen LogP contribution in [0, 0.1) is 5.92 Å². The van der Waals surface area contributed by atoms with Gasteiger partial charge < -0.3 is 14.9 Å². The van der Waals surface area contributed by atoms with Crippen LogP contribution in [-0.2, 0) is 4.74 Å². The summed E-state index contributed by atoms with van der Waals surface area (Å²) in [5.74, 6) is 1.53. The van der Waals surface area contributed by atoms with Gasteiger partial charge in [0.1, 0.15) is 5.76 Å². The summed E-state index contributed by atoms with van der Waals surface area (Å²) in [5.41, 5.74) is 5.91. The molecular formula is C12H21NO2. The molecule has 0 aromatic carbocycles. The first kappa shape index (κ1) is 12.3. The first-order chi connectivity index (χ1) is 7.20. The smallest absolute Gasteiger partial charge is 0.120 e. The number of rotatable bonds is 7. The van der Waals surface area contributed by atoms with Crippen molar-refractivity contribution in [3.63, 3.8) is 0 Å². The van der Waals surface area contributed by atoms with E-state index >= 15 is 0 Å². The van der Waals surface area contributed by atoms with E-state index in [9.17, 15) is 0 Å². The number of hydrogen-bond donors (Lipinski definition) is 1. The fraction of sp³-hybridized carbons (Fsp3) is 0.667. The Balaban J connectivity index is 2.05. The Morgan fingerprint density at radius 2 is 2.07 bits per heavy atom. The van der Waals surface area contributed by atoms with Gasteiger partial charge in [-0.05, 0) is 30.9 Å². The molecule has 1 atom stereocenters. The lowest BCUT2D eigenvalue weighted by molar-refractivity contribution is 0.115. The van der Waals surface area contributed by atoms with Gasteiger partial charge in [-0.15, -0.1) is 0 Å². The molecule has 0 saturated heterocycles. The molecule has 2 N–H and O–H groups in total. The minimum absolute atomic E-state index is 0.0425. The third-order valence-electron chi connectivity index (χ3n) is 2.32. The monoisotopic (exact) mass is 211 g/mol. The second-order valence-corrected chi connectivity index (χ2v) is 4.21. The lowest BCUT2D eigenvalue weighted by atomic mass is 10.1. The zero-order valence-corrected chi connectivity index (χ0v) is 9.61. The average molecular weight is 211 g/mol. The first-order valence-corrected chi connectivity index (χ1v) is 5.57. The second-order valence-electron chi connectivity index (χ2n) is 4.21. The van der Waals surface area contributed by atoms with Crippen molar-refractivity contribution >= 4 is 0 Å². The average Bonchev–Trinajstić information content (AvgIpc) is 2.69. The Morgan fingerprint density at radius 1 is 1.33 bits per heavy atom. The molecule has 0 aliphatic heterocycles. The molecule has 1 heterocycles. The lowest BCUT2D eigenvalue weighted by Gasteiger charge is -2.10. The molecule has 0 spiro atoms. The minimum Gasteiger partial charge on any atom is -0.468 e. The van der Waals surface area contributed by atoms with Gasteiger partial charge in [-0.2, -0.15) is 0 Å². The normalized spacial score (nSPS) is 13.3. The van der Waals surface area contributed by atoms with E-state index in [2.05, 4.69) is 13.8 Å². The summed E-state index contributed by atoms with van der Waals surface area (Å²) in [6, 6.07) is 3.71. The molecule has 0 aliphatic carbocycles. The molecular weight excluding hydrogens is 190 g/mol. The Morgan fingerprint density at radius 3 is 2.67 bits per heavy atom. The minimum atomic E-state index is -0.0425. The summed E-state index contributed by atoms with van der Waals surface area (Å²) in [4.78, 5) is 0. The highest BCUT2D eigenvalue weighted by Gasteiger charge is 2.07. The zero-order chi connectivity index (χ0) is 11.1. The van der Waals surface area contributed by atoms with Crippen LogP contribution in [0.1, 0.15) is 38.5 Å². The lowest BCUT2D eigenvalue weighted by Crippen LogP contribution is -2.13. The summed E-state index contributed by atoms with van der Waals surface area (Å²) in [6.45, 7) is 5.91. The highest BCUT2D eigenvalue weighted by atomic mass is 16.5. The molecule has 0 fully saturated rings. The fourth-order valence-corrected chi connectivity index (χ4v) is 1.28. The molecule has 3 nitrogen and oxygen atoms in total. The van der Waals surface area contributed by atoms with Crippen molar-refractivity contribution in [2.24, 2.45) is 11.7 Å². The van der Waals surface area contributed by atoms with Gasteiger partial charge in [-0.25, -0.2) is 0 Å². The van der Waals surface area contributed by atoms with Crippen LogP contribution in [0.25, 0.3) is 0 Å². The summed E-state index contributed by atoms with van der Waals surface area (Å²) in [7, 11) is 0. The Hall–Kier alpha value is -0.800. The van der Waals surface area contributed by atoms with Crippen molar-refractivity contribution in [2.45, 2.75) is 32.7 Å². The van der Waals surface area contributed by atoms with Gasteiger partial charge in [-0.3, -0.25) is 0 Å². The van der Waals surface area contributed by atoms with Crippen LogP contribution >= 0.6 is 0 Å². The van der Waals surface area contributed by atoms with Gasteiger partial charge in [0.15, 0.2) is 0 Å². The number of hydrogen-bond acceptors (Lipinski definition) is 3. The van der Waals surface area contributed by atoms with E-state index in [1.807, 2.05) is 12.1 Å². The molecule has 0 bridgehead atoms. The summed E-state index contributed by atoms with van der Waals surface area (Å²) in [5, 5.41) is 0. The molecule has 0 aliphatic rings. The van der Waals surface area contributed by atoms with Crippen LogP contribution in [0.3, 0.4) is 0 Å². The maximum Gasteiger partial charge on any atom is 0.120 e. The third-order valence-corrected chi connectivity index (χ3v) is 2.32. The van der Waals surface area contributed by atoms with E-state index in [4.69, 9.17) is 14.9 Å². The molecule has 1 aromatic rings.